The highest BCUT2D eigenvalue weighted by Crippen LogP contribution is 2.24. The Bertz CT molecular complexity index is 598. The number of sulfonamides is 1. The van der Waals surface area contributed by atoms with Crippen LogP contribution in [0.4, 0.5) is 5.69 Å². The molecule has 0 radical (unpaired) electrons. The molecule has 6 nitrogen and oxygen atoms in total. The quantitative estimate of drug-likeness (QED) is 0.867. The standard InChI is InChI=1S/C14H20N2O4S/c1-2-15(9-10-17)14(18)12-4-6-13(7-5-12)16-8-3-11-21(16,19)20/h4-7,17H,2-3,8-11H2,1H3. The van der Waals surface area contributed by atoms with Gasteiger partial charge in [-0.1, -0.05) is 0 Å². The minimum Gasteiger partial charge on any atom is -0.395 e. The Hall–Kier alpha value is -1.60. The molecule has 2 rings (SSSR count). The first-order chi connectivity index (χ1) is 9.99. The van der Waals surface area contributed by atoms with Crippen molar-refractivity contribution in [1.82, 2.24) is 4.90 Å². The normalized spacial score (nSPS) is 17.0. The number of carbonyl (C=O) groups is 1. The van der Waals surface area contributed by atoms with Crippen LogP contribution in [0.1, 0.15) is 23.7 Å². The lowest BCUT2D eigenvalue weighted by molar-refractivity contribution is 0.0732. The Balaban J connectivity index is 2.17. The van der Waals surface area contributed by atoms with E-state index in [0.29, 0.717) is 30.8 Å². The van der Waals surface area contributed by atoms with Gasteiger partial charge in [-0.3, -0.25) is 9.10 Å². The van der Waals surface area contributed by atoms with Gasteiger partial charge in [0.25, 0.3) is 5.91 Å². The number of aliphatic hydroxyl groups excluding tert-OH is 1. The number of likely N-dealkylation sites (N-methyl/N-ethyl adjacent to an activating group) is 1. The van der Waals surface area contributed by atoms with E-state index in [1.165, 1.54) is 4.31 Å². The van der Waals surface area contributed by atoms with E-state index in [9.17, 15) is 13.2 Å². The second-order valence-electron chi connectivity index (χ2n) is 4.90. The Morgan fingerprint density at radius 2 is 2.00 bits per heavy atom. The van der Waals surface area contributed by atoms with Crippen LogP contribution in [0.3, 0.4) is 0 Å². The molecule has 0 unspecified atom stereocenters. The highest BCUT2D eigenvalue weighted by molar-refractivity contribution is 7.93. The summed E-state index contributed by atoms with van der Waals surface area (Å²) in [7, 11) is -3.20. The minimum atomic E-state index is -3.20. The third-order valence-electron chi connectivity index (χ3n) is 3.54. The molecule has 1 aromatic rings. The molecule has 1 aliphatic heterocycles. The van der Waals surface area contributed by atoms with Gasteiger partial charge < -0.3 is 10.0 Å². The second kappa shape index (κ2) is 6.44. The van der Waals surface area contributed by atoms with E-state index in [0.717, 1.165) is 0 Å². The molecule has 1 fully saturated rings. The largest absolute Gasteiger partial charge is 0.395 e. The SMILES string of the molecule is CCN(CCO)C(=O)c1ccc(N2CCCS2(=O)=O)cc1. The Labute approximate surface area is 125 Å². The maximum atomic E-state index is 12.2. The summed E-state index contributed by atoms with van der Waals surface area (Å²) in [6.07, 6.45) is 0.628. The van der Waals surface area contributed by atoms with Crippen molar-refractivity contribution >= 4 is 21.6 Å². The third-order valence-corrected chi connectivity index (χ3v) is 5.41. The number of amides is 1. The smallest absolute Gasteiger partial charge is 0.253 e. The van der Waals surface area contributed by atoms with Crippen LogP contribution in [-0.2, 0) is 10.0 Å². The van der Waals surface area contributed by atoms with Crippen molar-refractivity contribution in [3.05, 3.63) is 29.8 Å². The molecule has 0 bridgehead atoms. The fraction of sp³-hybridized carbons (Fsp3) is 0.500. The molecule has 1 heterocycles. The number of hydrogen-bond donors (Lipinski definition) is 1. The van der Waals surface area contributed by atoms with E-state index >= 15 is 0 Å². The Kier molecular flexibility index (Phi) is 4.84. The summed E-state index contributed by atoms with van der Waals surface area (Å²) in [5.41, 5.74) is 1.08. The summed E-state index contributed by atoms with van der Waals surface area (Å²) in [5.74, 6) is 0.00994. The van der Waals surface area contributed by atoms with E-state index < -0.39 is 10.0 Å². The average molecular weight is 312 g/mol. The number of carbonyl (C=O) groups excluding carboxylic acids is 1. The van der Waals surface area contributed by atoms with Gasteiger partial charge in [0, 0.05) is 25.2 Å². The first-order valence-corrected chi connectivity index (χ1v) is 8.61. The molecule has 0 spiro atoms. The summed E-state index contributed by atoms with van der Waals surface area (Å²) in [4.78, 5) is 13.8. The fourth-order valence-corrected chi connectivity index (χ4v) is 3.97. The molecular formula is C14H20N2O4S. The lowest BCUT2D eigenvalue weighted by Gasteiger charge is -2.21. The van der Waals surface area contributed by atoms with E-state index in [1.807, 2.05) is 6.92 Å². The van der Waals surface area contributed by atoms with Gasteiger partial charge in [0.15, 0.2) is 0 Å². The van der Waals surface area contributed by atoms with Crippen LogP contribution in [0.15, 0.2) is 24.3 Å². The molecule has 1 aliphatic rings. The number of nitrogens with zero attached hydrogens (tertiary/aromatic N) is 2. The van der Waals surface area contributed by atoms with E-state index in [-0.39, 0.29) is 24.8 Å². The summed E-state index contributed by atoms with van der Waals surface area (Å²) < 4.78 is 25.1. The molecular weight excluding hydrogens is 292 g/mol. The van der Waals surface area contributed by atoms with Crippen molar-refractivity contribution in [1.29, 1.82) is 0 Å². The van der Waals surface area contributed by atoms with Gasteiger partial charge in [0.1, 0.15) is 0 Å². The molecule has 1 amide bonds. The topological polar surface area (TPSA) is 77.9 Å². The van der Waals surface area contributed by atoms with Crippen LogP contribution in [-0.4, -0.2) is 56.3 Å². The van der Waals surface area contributed by atoms with Crippen LogP contribution in [0.2, 0.25) is 0 Å². The molecule has 7 heteroatoms. The number of benzene rings is 1. The highest BCUT2D eigenvalue weighted by atomic mass is 32.2. The lowest BCUT2D eigenvalue weighted by Crippen LogP contribution is -2.33. The summed E-state index contributed by atoms with van der Waals surface area (Å²) in [6, 6.07) is 6.57. The number of rotatable bonds is 5. The summed E-state index contributed by atoms with van der Waals surface area (Å²) in [5, 5.41) is 8.94. The average Bonchev–Trinajstić information content (AvgIpc) is 2.83. The molecule has 0 saturated carbocycles. The van der Waals surface area contributed by atoms with E-state index in [4.69, 9.17) is 5.11 Å². The first-order valence-electron chi connectivity index (χ1n) is 7.00. The monoisotopic (exact) mass is 312 g/mol. The molecule has 1 saturated heterocycles. The van der Waals surface area contributed by atoms with Crippen LogP contribution < -0.4 is 4.31 Å². The molecule has 116 valence electrons. The first kappa shape index (κ1) is 15.8. The number of aliphatic hydroxyl groups is 1. The highest BCUT2D eigenvalue weighted by Gasteiger charge is 2.28. The Morgan fingerprint density at radius 1 is 1.33 bits per heavy atom. The van der Waals surface area contributed by atoms with Crippen LogP contribution >= 0.6 is 0 Å². The summed E-state index contributed by atoms with van der Waals surface area (Å²) in [6.45, 7) is 3.06. The zero-order valence-corrected chi connectivity index (χ0v) is 12.8. The van der Waals surface area contributed by atoms with Gasteiger partial charge in [-0.15, -0.1) is 0 Å². The maximum Gasteiger partial charge on any atom is 0.253 e. The van der Waals surface area contributed by atoms with E-state index in [2.05, 4.69) is 0 Å². The zero-order valence-electron chi connectivity index (χ0n) is 12.0. The fourth-order valence-electron chi connectivity index (χ4n) is 2.41. The number of hydrogen-bond acceptors (Lipinski definition) is 4. The number of anilines is 1. The lowest BCUT2D eigenvalue weighted by atomic mass is 10.1. The van der Waals surface area contributed by atoms with Crippen molar-refractivity contribution in [2.75, 3.05) is 36.3 Å². The molecule has 0 atom stereocenters. The third kappa shape index (κ3) is 3.36. The van der Waals surface area contributed by atoms with Crippen LogP contribution in [0.25, 0.3) is 0 Å². The Morgan fingerprint density at radius 3 is 2.48 bits per heavy atom. The van der Waals surface area contributed by atoms with Gasteiger partial charge >= 0.3 is 0 Å². The molecule has 1 N–H and O–H groups in total. The predicted molar refractivity (Wildman–Crippen MR) is 80.9 cm³/mol. The van der Waals surface area contributed by atoms with Crippen LogP contribution in [0.5, 0.6) is 0 Å². The van der Waals surface area contributed by atoms with Gasteiger partial charge in [0.05, 0.1) is 18.0 Å². The van der Waals surface area contributed by atoms with Gasteiger partial charge in [-0.25, -0.2) is 8.42 Å². The van der Waals surface area contributed by atoms with Gasteiger partial charge in [-0.2, -0.15) is 0 Å². The molecule has 0 aliphatic carbocycles. The van der Waals surface area contributed by atoms with Crippen molar-refractivity contribution in [2.24, 2.45) is 0 Å². The molecule has 0 aromatic heterocycles. The summed E-state index contributed by atoms with van der Waals surface area (Å²) >= 11 is 0. The van der Waals surface area contributed by atoms with Crippen molar-refractivity contribution < 1.29 is 18.3 Å². The maximum absolute atomic E-state index is 12.2. The zero-order chi connectivity index (χ0) is 15.5. The predicted octanol–water partition coefficient (Wildman–Crippen LogP) is 0.681. The van der Waals surface area contributed by atoms with Crippen LogP contribution in [0, 0.1) is 0 Å². The van der Waals surface area contributed by atoms with Crippen molar-refractivity contribution in [2.45, 2.75) is 13.3 Å². The molecule has 21 heavy (non-hydrogen) atoms. The second-order valence-corrected chi connectivity index (χ2v) is 6.91. The van der Waals surface area contributed by atoms with Crippen molar-refractivity contribution in [3.8, 4) is 0 Å². The molecule has 1 aromatic carbocycles. The van der Waals surface area contributed by atoms with E-state index in [1.54, 1.807) is 29.2 Å². The van der Waals surface area contributed by atoms with Gasteiger partial charge in [-0.05, 0) is 37.6 Å². The van der Waals surface area contributed by atoms with Gasteiger partial charge in [0.2, 0.25) is 10.0 Å². The van der Waals surface area contributed by atoms with Crippen molar-refractivity contribution in [3.63, 3.8) is 0 Å². The minimum absolute atomic E-state index is 0.0797.